The molecule has 0 saturated heterocycles. The van der Waals surface area contributed by atoms with Crippen LogP contribution in [-0.2, 0) is 16.4 Å². The Morgan fingerprint density at radius 2 is 2.00 bits per heavy atom. The quantitative estimate of drug-likeness (QED) is 0.663. The molecule has 9 heteroatoms. The van der Waals surface area contributed by atoms with Crippen LogP contribution >= 0.6 is 0 Å². The number of anilines is 2. The number of sulfone groups is 1. The average Bonchev–Trinajstić information content (AvgIpc) is 2.61. The Hall–Kier alpha value is -2.23. The van der Waals surface area contributed by atoms with Gasteiger partial charge in [-0.05, 0) is 18.6 Å². The first-order valence-corrected chi connectivity index (χ1v) is 9.55. The number of hydroxylamine groups is 2. The van der Waals surface area contributed by atoms with Gasteiger partial charge in [-0.15, -0.1) is 0 Å². The molecule has 0 radical (unpaired) electrons. The van der Waals surface area contributed by atoms with Crippen molar-refractivity contribution in [1.29, 1.82) is 0 Å². The van der Waals surface area contributed by atoms with Crippen LogP contribution in [0.4, 0.5) is 11.4 Å². The second-order valence-electron chi connectivity index (χ2n) is 5.81. The molecule has 0 bridgehead atoms. The Morgan fingerprint density at radius 3 is 2.68 bits per heavy atom. The van der Waals surface area contributed by atoms with Crippen LogP contribution in [0.25, 0.3) is 0 Å². The number of fused-ring (bicyclic) bond motifs is 2. The molecule has 25 heavy (non-hydrogen) atoms. The molecule has 1 aliphatic rings. The molecule has 0 aliphatic carbocycles. The van der Waals surface area contributed by atoms with Gasteiger partial charge in [0.25, 0.3) is 5.56 Å². The first-order chi connectivity index (χ1) is 11.9. The maximum atomic E-state index is 12.7. The fourth-order valence-corrected chi connectivity index (χ4v) is 4.37. The zero-order valence-corrected chi connectivity index (χ0v) is 14.8. The summed E-state index contributed by atoms with van der Waals surface area (Å²) in [7, 11) is -3.79. The third-order valence-electron chi connectivity index (χ3n) is 4.34. The number of nitrogens with zero attached hydrogens (tertiary/aromatic N) is 3. The highest BCUT2D eigenvalue weighted by Crippen LogP contribution is 2.36. The molecular weight excluding hydrogens is 344 g/mol. The molecule has 8 nitrogen and oxygen atoms in total. The maximum absolute atomic E-state index is 12.7. The van der Waals surface area contributed by atoms with Crippen molar-refractivity contribution < 1.29 is 13.6 Å². The van der Waals surface area contributed by atoms with Gasteiger partial charge in [-0.25, -0.2) is 13.1 Å². The summed E-state index contributed by atoms with van der Waals surface area (Å²) < 4.78 is 26.6. The number of hydrogen-bond acceptors (Lipinski definition) is 7. The first-order valence-electron chi connectivity index (χ1n) is 8.06. The zero-order chi connectivity index (χ0) is 18.2. The number of hydrogen-bond donors (Lipinski definition) is 2. The number of nitrogens with one attached hydrogen (secondary N) is 1. The molecule has 2 aromatic rings. The van der Waals surface area contributed by atoms with Gasteiger partial charge in [-0.1, -0.05) is 26.0 Å². The molecule has 3 rings (SSSR count). The molecule has 2 heterocycles. The van der Waals surface area contributed by atoms with Crippen molar-refractivity contribution in [2.75, 3.05) is 11.9 Å². The molecule has 0 saturated carbocycles. The lowest BCUT2D eigenvalue weighted by Gasteiger charge is -2.25. The van der Waals surface area contributed by atoms with Crippen molar-refractivity contribution >= 4 is 21.2 Å². The number of likely N-dealkylation sites (N-methyl/N-ethyl adjacent to an activating group) is 1. The lowest BCUT2D eigenvalue weighted by Crippen LogP contribution is -2.40. The largest absolute Gasteiger partial charge is 0.349 e. The van der Waals surface area contributed by atoms with E-state index in [0.29, 0.717) is 18.7 Å². The summed E-state index contributed by atoms with van der Waals surface area (Å²) in [5.41, 5.74) is -0.169. The third-order valence-corrected chi connectivity index (χ3v) is 6.16. The summed E-state index contributed by atoms with van der Waals surface area (Å²) in [5.74, 6) is 0. The molecule has 1 aromatic heterocycles. The van der Waals surface area contributed by atoms with Crippen LogP contribution in [-0.4, -0.2) is 41.1 Å². The Labute approximate surface area is 145 Å². The van der Waals surface area contributed by atoms with E-state index < -0.39 is 15.4 Å². The predicted molar refractivity (Wildman–Crippen MR) is 91.9 cm³/mol. The van der Waals surface area contributed by atoms with Crippen molar-refractivity contribution in [3.05, 3.63) is 40.8 Å². The second-order valence-corrected chi connectivity index (χ2v) is 7.70. The van der Waals surface area contributed by atoms with Gasteiger partial charge in [-0.2, -0.15) is 10.2 Å². The Balaban J connectivity index is 2.06. The molecule has 0 spiro atoms. The van der Waals surface area contributed by atoms with Gasteiger partial charge in [0.2, 0.25) is 9.84 Å². The molecule has 2 N–H and O–H groups in total. The first kappa shape index (κ1) is 17.6. The molecule has 0 fully saturated rings. The summed E-state index contributed by atoms with van der Waals surface area (Å²) in [6, 6.07) is 6.14. The third kappa shape index (κ3) is 2.94. The Kier molecular flexibility index (Phi) is 4.63. The van der Waals surface area contributed by atoms with Gasteiger partial charge < -0.3 is 10.5 Å². The number of aromatic nitrogens is 2. The molecule has 1 atom stereocenters. The molecule has 0 amide bonds. The van der Waals surface area contributed by atoms with Gasteiger partial charge in [-0.3, -0.25) is 4.79 Å². The van der Waals surface area contributed by atoms with Crippen LogP contribution < -0.4 is 10.9 Å². The fourth-order valence-electron chi connectivity index (χ4n) is 2.87. The molecular formula is C16H20N4O4S. The molecule has 1 aliphatic heterocycles. The Bertz CT molecular complexity index is 955. The number of rotatable bonds is 5. The van der Waals surface area contributed by atoms with E-state index in [-0.39, 0.29) is 28.1 Å². The van der Waals surface area contributed by atoms with E-state index in [4.69, 9.17) is 0 Å². The number of benzene rings is 1. The van der Waals surface area contributed by atoms with Crippen molar-refractivity contribution in [3.8, 4) is 0 Å². The molecule has 1 aromatic carbocycles. The number of para-hydroxylation sites is 1. The predicted octanol–water partition coefficient (Wildman–Crippen LogP) is 1.62. The lowest BCUT2D eigenvalue weighted by atomic mass is 10.2. The summed E-state index contributed by atoms with van der Waals surface area (Å²) in [6.07, 6.45) is 1.81. The topological polar surface area (TPSA) is 105 Å². The van der Waals surface area contributed by atoms with Crippen LogP contribution in [0.3, 0.4) is 0 Å². The van der Waals surface area contributed by atoms with E-state index >= 15 is 0 Å². The van der Waals surface area contributed by atoms with E-state index in [0.717, 1.165) is 5.06 Å². The van der Waals surface area contributed by atoms with Crippen molar-refractivity contribution in [2.45, 2.75) is 42.6 Å². The summed E-state index contributed by atoms with van der Waals surface area (Å²) in [6.45, 7) is 4.28. The molecule has 134 valence electrons. The highest BCUT2D eigenvalue weighted by molar-refractivity contribution is 7.92. The smallest absolute Gasteiger partial charge is 0.291 e. The van der Waals surface area contributed by atoms with E-state index in [1.54, 1.807) is 25.1 Å². The van der Waals surface area contributed by atoms with Crippen LogP contribution in [0, 0.1) is 0 Å². The van der Waals surface area contributed by atoms with E-state index in [2.05, 4.69) is 10.4 Å². The normalized spacial score (nSPS) is 16.0. The zero-order valence-electron chi connectivity index (χ0n) is 14.0. The van der Waals surface area contributed by atoms with E-state index in [1.807, 2.05) is 6.92 Å². The highest BCUT2D eigenvalue weighted by Gasteiger charge is 2.32. The monoisotopic (exact) mass is 364 g/mol. The maximum Gasteiger partial charge on any atom is 0.291 e. The van der Waals surface area contributed by atoms with E-state index in [1.165, 1.54) is 16.9 Å². The SMILES string of the molecule is CCC(Cn1ncc2c(c1=O)Nc1ccccc1S2(=O)=O)N(O)CC. The summed E-state index contributed by atoms with van der Waals surface area (Å²) >= 11 is 0. The standard InChI is InChI=1S/C16H20N4O4S/c1-3-11(20(22)4-2)10-19-16(21)15-14(9-17-19)25(23,24)13-8-6-5-7-12(13)18-15/h5-9,11,18,22H,3-4,10H2,1-2H3. The van der Waals surface area contributed by atoms with Gasteiger partial charge in [0.1, 0.15) is 10.6 Å². The summed E-state index contributed by atoms with van der Waals surface area (Å²) in [4.78, 5) is 12.7. The summed E-state index contributed by atoms with van der Waals surface area (Å²) in [5, 5.41) is 18.0. The second kappa shape index (κ2) is 6.58. The fraction of sp³-hybridized carbons (Fsp3) is 0.375. The lowest BCUT2D eigenvalue weighted by molar-refractivity contribution is -0.128. The minimum atomic E-state index is -3.79. The van der Waals surface area contributed by atoms with Gasteiger partial charge in [0.05, 0.1) is 29.4 Å². The minimum absolute atomic E-state index is 0.00968. The van der Waals surface area contributed by atoms with Crippen molar-refractivity contribution in [3.63, 3.8) is 0 Å². The van der Waals surface area contributed by atoms with Crippen LogP contribution in [0.5, 0.6) is 0 Å². The molecule has 1 unspecified atom stereocenters. The average molecular weight is 364 g/mol. The van der Waals surface area contributed by atoms with Crippen LogP contribution in [0.1, 0.15) is 20.3 Å². The van der Waals surface area contributed by atoms with E-state index in [9.17, 15) is 18.4 Å². The van der Waals surface area contributed by atoms with Gasteiger partial charge in [0.15, 0.2) is 0 Å². The van der Waals surface area contributed by atoms with Gasteiger partial charge >= 0.3 is 0 Å². The van der Waals surface area contributed by atoms with Crippen LogP contribution in [0.2, 0.25) is 0 Å². The minimum Gasteiger partial charge on any atom is -0.349 e. The van der Waals surface area contributed by atoms with Crippen LogP contribution in [0.15, 0.2) is 45.0 Å². The Morgan fingerprint density at radius 1 is 1.28 bits per heavy atom. The van der Waals surface area contributed by atoms with Crippen molar-refractivity contribution in [2.24, 2.45) is 0 Å². The van der Waals surface area contributed by atoms with Crippen molar-refractivity contribution in [1.82, 2.24) is 14.8 Å². The highest BCUT2D eigenvalue weighted by atomic mass is 32.2. The van der Waals surface area contributed by atoms with Gasteiger partial charge in [0, 0.05) is 6.54 Å².